The van der Waals surface area contributed by atoms with E-state index in [0.29, 0.717) is 52.0 Å². The number of carbonyl (C=O) groups is 5. The number of ether oxygens (including phenoxy) is 3. The molecule has 4 heterocycles. The maximum Gasteiger partial charge on any atom is 0.312 e. The molecule has 1 amide bonds. The molecule has 4 N–H and O–H groups in total. The molecule has 15 nitrogen and oxygen atoms in total. The summed E-state index contributed by atoms with van der Waals surface area (Å²) < 4.78 is 17.5. The van der Waals surface area contributed by atoms with E-state index in [0.717, 1.165) is 0 Å². The molecule has 5 bridgehead atoms. The highest BCUT2D eigenvalue weighted by atomic mass is 16.7. The number of piperazine rings is 1. The number of fused-ring (bicyclic) bond motifs is 14. The number of hydrogen-bond donors (Lipinski definition) is 4. The first kappa shape index (κ1) is 46.6. The Balaban J connectivity index is 0.00000378. The van der Waals surface area contributed by atoms with Gasteiger partial charge in [-0.2, -0.15) is 5.10 Å². The summed E-state index contributed by atoms with van der Waals surface area (Å²) in [6, 6.07) is 0. The second-order valence-corrected chi connectivity index (χ2v) is 15.5. The molecule has 59 heavy (non-hydrogen) atoms. The third kappa shape index (κ3) is 10.4. The van der Waals surface area contributed by atoms with Crippen LogP contribution < -0.4 is 10.1 Å². The first-order chi connectivity index (χ1) is 28.0. The third-order valence-corrected chi connectivity index (χ3v) is 11.1. The van der Waals surface area contributed by atoms with Crippen molar-refractivity contribution in [3.8, 4) is 11.5 Å². The van der Waals surface area contributed by atoms with Gasteiger partial charge in [0.15, 0.2) is 5.78 Å². The molecule has 0 spiro atoms. The van der Waals surface area contributed by atoms with E-state index in [1.165, 1.54) is 33.2 Å². The quantitative estimate of drug-likeness (QED) is 0.234. The van der Waals surface area contributed by atoms with Crippen LogP contribution in [0.2, 0.25) is 0 Å². The van der Waals surface area contributed by atoms with Gasteiger partial charge in [0.1, 0.15) is 23.3 Å². The number of aliphatic hydroxyl groups is 2. The minimum atomic E-state index is -2.00. The van der Waals surface area contributed by atoms with Gasteiger partial charge in [0, 0.05) is 63.6 Å². The summed E-state index contributed by atoms with van der Waals surface area (Å²) in [6.07, 6.45) is 9.06. The fraction of sp³-hybridized carbons (Fsp3) is 0.545. The Hall–Kier alpha value is -5.12. The average Bonchev–Trinajstić information content (AvgIpc) is 3.47. The van der Waals surface area contributed by atoms with Gasteiger partial charge in [-0.05, 0) is 51.0 Å². The number of allylic oxidation sites excluding steroid dienone is 6. The lowest BCUT2D eigenvalue weighted by Gasteiger charge is -2.32. The molecule has 0 radical (unpaired) electrons. The summed E-state index contributed by atoms with van der Waals surface area (Å²) in [5.74, 6) is -7.01. The molecule has 1 aromatic carbocycles. The standard InChI is InChI=1S/C42H54N4O11.C2H6/c1-23-11-10-12-24(2)41(54)44-34-29(22-43-46-16-14-45(15-17-46)18-19-47)37(51)31-32(38(34)52)36(50)27(5)39-33(31)40(53)42(7,57-39)55-20-9-8-13-30(56-28(6)48)26(4)35(49)25(3)21-23;1-2/h9-12,20,22-23,25-26,30,35,47,49-50H,8,13-19,21H2,1-7H3,(H,44,54);1-2H3/b11-10+,20-9+,24-12-,43-22+;/t23?,25-,26+,30?,35?,42+;/m1./s1. The van der Waals surface area contributed by atoms with Crippen molar-refractivity contribution >= 4 is 35.4 Å². The summed E-state index contributed by atoms with van der Waals surface area (Å²) in [7, 11) is 0. The van der Waals surface area contributed by atoms with Gasteiger partial charge < -0.3 is 34.8 Å². The third-order valence-electron chi connectivity index (χ3n) is 11.1. The summed E-state index contributed by atoms with van der Waals surface area (Å²) in [6.45, 7) is 18.0. The Morgan fingerprint density at radius 1 is 1.05 bits per heavy atom. The fourth-order valence-electron chi connectivity index (χ4n) is 7.65. The number of Topliss-reactive ketones (excluding diaryl/α,β-unsaturated/α-hetero) is 3. The molecule has 0 saturated carbocycles. The van der Waals surface area contributed by atoms with Gasteiger partial charge in [-0.1, -0.05) is 52.8 Å². The Morgan fingerprint density at radius 2 is 1.73 bits per heavy atom. The molecule has 15 heteroatoms. The Morgan fingerprint density at radius 3 is 2.37 bits per heavy atom. The summed E-state index contributed by atoms with van der Waals surface area (Å²) in [4.78, 5) is 70.9. The number of β-amino-alcohol motifs (C(OH)–C–C–N with tert-alkyl or cyclic N) is 1. The smallest absolute Gasteiger partial charge is 0.312 e. The van der Waals surface area contributed by atoms with Crippen molar-refractivity contribution in [2.75, 3.05) is 39.3 Å². The van der Waals surface area contributed by atoms with Gasteiger partial charge in [-0.15, -0.1) is 0 Å². The van der Waals surface area contributed by atoms with Gasteiger partial charge >= 0.3 is 11.8 Å². The number of nitrogens with one attached hydrogen (secondary N) is 1. The number of hydrogen-bond acceptors (Lipinski definition) is 14. The second-order valence-electron chi connectivity index (χ2n) is 15.5. The number of phenolic OH excluding ortho intramolecular Hbond substituents is 1. The second kappa shape index (κ2) is 20.2. The van der Waals surface area contributed by atoms with Crippen LogP contribution in [0, 0.1) is 24.7 Å². The summed E-state index contributed by atoms with van der Waals surface area (Å²) >= 11 is 0. The molecule has 1 aliphatic carbocycles. The van der Waals surface area contributed by atoms with Crippen LogP contribution in [0.1, 0.15) is 111 Å². The van der Waals surface area contributed by atoms with Gasteiger partial charge in [-0.25, -0.2) is 0 Å². The zero-order valence-corrected chi connectivity index (χ0v) is 35.7. The number of aromatic hydroxyl groups is 1. The van der Waals surface area contributed by atoms with Crippen LogP contribution in [-0.4, -0.2) is 118 Å². The van der Waals surface area contributed by atoms with E-state index in [1.54, 1.807) is 30.2 Å². The fourth-order valence-corrected chi connectivity index (χ4v) is 7.65. The number of benzene rings is 1. The molecule has 0 aromatic heterocycles. The van der Waals surface area contributed by atoms with Crippen LogP contribution in [0.4, 0.5) is 0 Å². The number of carbonyl (C=O) groups excluding carboxylic acids is 5. The van der Waals surface area contributed by atoms with Gasteiger partial charge in [-0.3, -0.25) is 33.9 Å². The Bertz CT molecular complexity index is 1940. The number of ketones is 3. The van der Waals surface area contributed by atoms with Crippen LogP contribution in [-0.2, 0) is 19.1 Å². The highest BCUT2D eigenvalue weighted by Gasteiger charge is 2.52. The largest absolute Gasteiger partial charge is 0.507 e. The zero-order valence-electron chi connectivity index (χ0n) is 35.7. The first-order valence-corrected chi connectivity index (χ1v) is 20.4. The van der Waals surface area contributed by atoms with Crippen LogP contribution >= 0.6 is 0 Å². The lowest BCUT2D eigenvalue weighted by Crippen LogP contribution is -2.45. The molecular formula is C44H60N4O11. The van der Waals surface area contributed by atoms with E-state index >= 15 is 0 Å². The molecule has 4 aliphatic heterocycles. The number of amides is 1. The number of phenols is 1. The lowest BCUT2D eigenvalue weighted by molar-refractivity contribution is -0.152. The van der Waals surface area contributed by atoms with Gasteiger partial charge in [0.25, 0.3) is 11.7 Å². The van der Waals surface area contributed by atoms with E-state index < -0.39 is 75.7 Å². The number of nitrogens with zero attached hydrogens (tertiary/aromatic N) is 3. The van der Waals surface area contributed by atoms with E-state index in [-0.39, 0.29) is 46.5 Å². The van der Waals surface area contributed by atoms with Crippen LogP contribution in [0.15, 0.2) is 52.5 Å². The molecular weight excluding hydrogens is 761 g/mol. The first-order valence-electron chi connectivity index (χ1n) is 20.4. The van der Waals surface area contributed by atoms with Gasteiger partial charge in [0.2, 0.25) is 5.78 Å². The van der Waals surface area contributed by atoms with Crippen molar-refractivity contribution in [1.29, 1.82) is 0 Å². The van der Waals surface area contributed by atoms with Crippen molar-refractivity contribution in [2.45, 2.75) is 99.6 Å². The molecule has 3 unspecified atom stereocenters. The highest BCUT2D eigenvalue weighted by molar-refractivity contribution is 6.37. The van der Waals surface area contributed by atoms with Crippen molar-refractivity contribution in [3.05, 3.63) is 69.7 Å². The van der Waals surface area contributed by atoms with Gasteiger partial charge in [0.05, 0.1) is 47.5 Å². The average molecular weight is 821 g/mol. The molecule has 1 saturated heterocycles. The molecule has 322 valence electrons. The lowest BCUT2D eigenvalue weighted by atomic mass is 9.81. The van der Waals surface area contributed by atoms with Crippen LogP contribution in [0.3, 0.4) is 0 Å². The molecule has 1 fully saturated rings. The maximum atomic E-state index is 14.6. The van der Waals surface area contributed by atoms with Crippen molar-refractivity contribution in [3.63, 3.8) is 0 Å². The van der Waals surface area contributed by atoms with E-state index in [9.17, 15) is 39.3 Å². The van der Waals surface area contributed by atoms with Crippen molar-refractivity contribution < 1.29 is 53.5 Å². The molecule has 1 aromatic rings. The summed E-state index contributed by atoms with van der Waals surface area (Å²) in [5.41, 5.74) is -1.58. The van der Waals surface area contributed by atoms with E-state index in [1.807, 2.05) is 40.7 Å². The predicted molar refractivity (Wildman–Crippen MR) is 221 cm³/mol. The minimum Gasteiger partial charge on any atom is -0.507 e. The van der Waals surface area contributed by atoms with Crippen LogP contribution in [0.5, 0.6) is 11.5 Å². The molecule has 6 atom stereocenters. The minimum absolute atomic E-state index is 0.0120. The Kier molecular flexibility index (Phi) is 16.0. The normalized spacial score (nSPS) is 29.2. The Labute approximate surface area is 346 Å². The van der Waals surface area contributed by atoms with E-state index in [2.05, 4.69) is 15.3 Å². The number of aliphatic hydroxyl groups excluding tert-OH is 2. The van der Waals surface area contributed by atoms with Crippen molar-refractivity contribution in [2.24, 2.45) is 22.9 Å². The zero-order chi connectivity index (χ0) is 43.8. The monoisotopic (exact) mass is 820 g/mol. The maximum absolute atomic E-state index is 14.6. The topological polar surface area (TPSA) is 205 Å². The SMILES string of the molecule is CC.CC(=O)OC1CC/C=C/O[C@@]2(C)Oc3c(C)c(O)c4c(c3C2=O)C(=O)C(/C=N/N2CCN(CCO)CC2)=C(NC(=O)/C(C)=C\C=C\C(C)C[C@@H](C)C(O)[C@H]1C)C4=O. The summed E-state index contributed by atoms with van der Waals surface area (Å²) in [5, 5.41) is 40.8. The predicted octanol–water partition coefficient (Wildman–Crippen LogP) is 4.78. The highest BCUT2D eigenvalue weighted by Crippen LogP contribution is 2.48. The van der Waals surface area contributed by atoms with Crippen LogP contribution in [0.25, 0.3) is 0 Å². The number of rotatable bonds is 5. The molecule has 5 aliphatic rings. The van der Waals surface area contributed by atoms with E-state index in [4.69, 9.17) is 14.2 Å². The van der Waals surface area contributed by atoms with Crippen molar-refractivity contribution in [1.82, 2.24) is 15.2 Å². The number of hydrazone groups is 1. The number of esters is 1. The molecule has 6 rings (SSSR count).